The first-order valence-electron chi connectivity index (χ1n) is 6.34. The molecule has 0 radical (unpaired) electrons. The molecule has 0 aliphatic carbocycles. The van der Waals surface area contributed by atoms with Crippen molar-refractivity contribution < 1.29 is 18.7 Å². The molecule has 0 unspecified atom stereocenters. The fourth-order valence-corrected chi connectivity index (χ4v) is 2.47. The number of amides is 1. The third-order valence-electron chi connectivity index (χ3n) is 2.77. The van der Waals surface area contributed by atoms with Crippen molar-refractivity contribution in [1.82, 2.24) is 9.97 Å². The zero-order chi connectivity index (χ0) is 15.5. The number of rotatable bonds is 4. The summed E-state index contributed by atoms with van der Waals surface area (Å²) in [6, 6.07) is 4.73. The highest BCUT2D eigenvalue weighted by atomic mass is 32.1. The Morgan fingerprint density at radius 1 is 1.41 bits per heavy atom. The van der Waals surface area contributed by atoms with Gasteiger partial charge in [-0.3, -0.25) is 10.1 Å². The van der Waals surface area contributed by atoms with Crippen molar-refractivity contribution in [2.75, 3.05) is 11.9 Å². The van der Waals surface area contributed by atoms with Gasteiger partial charge >= 0.3 is 5.97 Å². The number of esters is 1. The smallest absolute Gasteiger partial charge is 0.338 e. The van der Waals surface area contributed by atoms with Crippen LogP contribution in [0, 0.1) is 6.92 Å². The number of aryl methyl sites for hydroxylation is 1. The highest BCUT2D eigenvalue weighted by Crippen LogP contribution is 2.16. The first-order chi connectivity index (χ1) is 10.6. The zero-order valence-corrected chi connectivity index (χ0v) is 12.3. The van der Waals surface area contributed by atoms with Crippen LogP contribution in [0.3, 0.4) is 0 Å². The number of aromatic nitrogens is 2. The van der Waals surface area contributed by atoms with E-state index in [-0.39, 0.29) is 6.61 Å². The Hall–Kier alpha value is -2.74. The summed E-state index contributed by atoms with van der Waals surface area (Å²) in [5.41, 5.74) is 2.24. The topological polar surface area (TPSA) is 94.3 Å². The molecular weight excluding hydrogens is 306 g/mol. The van der Waals surface area contributed by atoms with E-state index in [1.807, 2.05) is 12.3 Å². The molecule has 8 heteroatoms. The van der Waals surface area contributed by atoms with Crippen LogP contribution in [0.1, 0.15) is 16.1 Å². The molecule has 1 aromatic carbocycles. The van der Waals surface area contributed by atoms with E-state index in [1.165, 1.54) is 23.8 Å². The van der Waals surface area contributed by atoms with Gasteiger partial charge in [-0.25, -0.2) is 14.8 Å². The summed E-state index contributed by atoms with van der Waals surface area (Å²) in [5.74, 6) is -1.05. The summed E-state index contributed by atoms with van der Waals surface area (Å²) in [6.07, 6.45) is 1.29. The van der Waals surface area contributed by atoms with E-state index in [9.17, 15) is 9.59 Å². The van der Waals surface area contributed by atoms with Gasteiger partial charge in [-0.2, -0.15) is 0 Å². The number of fused-ring (bicyclic) bond motifs is 1. The van der Waals surface area contributed by atoms with E-state index >= 15 is 0 Å². The lowest BCUT2D eigenvalue weighted by atomic mass is 10.2. The van der Waals surface area contributed by atoms with Crippen LogP contribution in [0.4, 0.5) is 5.13 Å². The number of ether oxygens (including phenoxy) is 1. The van der Waals surface area contributed by atoms with Gasteiger partial charge in [0, 0.05) is 5.38 Å². The summed E-state index contributed by atoms with van der Waals surface area (Å²) in [4.78, 5) is 31.6. The Labute approximate surface area is 128 Å². The van der Waals surface area contributed by atoms with Gasteiger partial charge in [-0.1, -0.05) is 0 Å². The first kappa shape index (κ1) is 14.2. The normalized spacial score (nSPS) is 10.6. The summed E-state index contributed by atoms with van der Waals surface area (Å²) in [5, 5.41) is 4.85. The largest absolute Gasteiger partial charge is 0.452 e. The van der Waals surface area contributed by atoms with Crippen LogP contribution in [0.25, 0.3) is 11.1 Å². The number of oxazole rings is 1. The predicted octanol–water partition coefficient (Wildman–Crippen LogP) is 2.39. The van der Waals surface area contributed by atoms with E-state index in [2.05, 4.69) is 15.3 Å². The molecule has 2 heterocycles. The summed E-state index contributed by atoms with van der Waals surface area (Å²) in [7, 11) is 0. The molecule has 0 spiro atoms. The molecule has 1 N–H and O–H groups in total. The summed E-state index contributed by atoms with van der Waals surface area (Å²) in [6.45, 7) is 1.44. The van der Waals surface area contributed by atoms with Gasteiger partial charge in [0.2, 0.25) is 0 Å². The van der Waals surface area contributed by atoms with Gasteiger partial charge in [-0.15, -0.1) is 11.3 Å². The monoisotopic (exact) mass is 317 g/mol. The minimum atomic E-state index is -0.608. The standard InChI is InChI=1S/C14H11N3O4S/c1-8-6-22-14(16-8)17-12(18)5-20-13(19)9-2-3-10-11(4-9)21-7-15-10/h2-4,6-7H,5H2,1H3,(H,16,17,18). The van der Waals surface area contributed by atoms with Crippen molar-refractivity contribution in [3.63, 3.8) is 0 Å². The summed E-state index contributed by atoms with van der Waals surface area (Å²) < 4.78 is 10.1. The average molecular weight is 317 g/mol. The summed E-state index contributed by atoms with van der Waals surface area (Å²) >= 11 is 1.31. The molecule has 112 valence electrons. The molecule has 0 aliphatic rings. The molecule has 0 fully saturated rings. The maximum Gasteiger partial charge on any atom is 0.338 e. The Kier molecular flexibility index (Phi) is 3.84. The molecule has 0 saturated heterocycles. The van der Waals surface area contributed by atoms with Crippen molar-refractivity contribution in [1.29, 1.82) is 0 Å². The second kappa shape index (κ2) is 5.94. The number of hydrogen-bond acceptors (Lipinski definition) is 7. The Balaban J connectivity index is 1.58. The average Bonchev–Trinajstić information content (AvgIpc) is 3.12. The predicted molar refractivity (Wildman–Crippen MR) is 79.8 cm³/mol. The maximum atomic E-state index is 11.9. The zero-order valence-electron chi connectivity index (χ0n) is 11.5. The maximum absolute atomic E-state index is 11.9. The van der Waals surface area contributed by atoms with Crippen molar-refractivity contribution in [3.05, 3.63) is 41.2 Å². The van der Waals surface area contributed by atoms with E-state index in [4.69, 9.17) is 9.15 Å². The molecule has 0 saturated carbocycles. The minimum absolute atomic E-state index is 0.294. The molecule has 1 amide bonds. The van der Waals surface area contributed by atoms with Crippen LogP contribution < -0.4 is 5.32 Å². The van der Waals surface area contributed by atoms with E-state index in [1.54, 1.807) is 12.1 Å². The molecule has 0 bridgehead atoms. The van der Waals surface area contributed by atoms with Gasteiger partial charge in [0.05, 0.1) is 11.3 Å². The fourth-order valence-electron chi connectivity index (χ4n) is 1.76. The fraction of sp³-hybridized carbons (Fsp3) is 0.143. The number of nitrogens with zero attached hydrogens (tertiary/aromatic N) is 2. The molecule has 2 aromatic heterocycles. The van der Waals surface area contributed by atoms with Crippen molar-refractivity contribution in [2.45, 2.75) is 6.92 Å². The highest BCUT2D eigenvalue weighted by molar-refractivity contribution is 7.13. The molecule has 0 atom stereocenters. The molecule has 3 aromatic rings. The van der Waals surface area contributed by atoms with Crippen molar-refractivity contribution in [3.8, 4) is 0 Å². The van der Waals surface area contributed by atoms with Crippen LogP contribution in [0.5, 0.6) is 0 Å². The van der Waals surface area contributed by atoms with Gasteiger partial charge in [-0.05, 0) is 25.1 Å². The Morgan fingerprint density at radius 2 is 2.27 bits per heavy atom. The molecule has 3 rings (SSSR count). The quantitative estimate of drug-likeness (QED) is 0.742. The third kappa shape index (κ3) is 3.12. The van der Waals surface area contributed by atoms with E-state index < -0.39 is 11.9 Å². The lowest BCUT2D eigenvalue weighted by molar-refractivity contribution is -0.119. The second-order valence-electron chi connectivity index (χ2n) is 4.45. The number of benzene rings is 1. The molecule has 22 heavy (non-hydrogen) atoms. The van der Waals surface area contributed by atoms with Crippen molar-refractivity contribution in [2.24, 2.45) is 0 Å². The van der Waals surface area contributed by atoms with Gasteiger partial charge in [0.15, 0.2) is 23.7 Å². The van der Waals surface area contributed by atoms with Crippen molar-refractivity contribution >= 4 is 39.4 Å². The van der Waals surface area contributed by atoms with Crippen LogP contribution in [-0.4, -0.2) is 28.5 Å². The van der Waals surface area contributed by atoms with Gasteiger partial charge in [0.25, 0.3) is 5.91 Å². The Morgan fingerprint density at radius 3 is 3.05 bits per heavy atom. The van der Waals surface area contributed by atoms with Gasteiger partial charge in [0.1, 0.15) is 5.52 Å². The lowest BCUT2D eigenvalue weighted by Gasteiger charge is -2.04. The third-order valence-corrected chi connectivity index (χ3v) is 3.64. The minimum Gasteiger partial charge on any atom is -0.452 e. The van der Waals surface area contributed by atoms with Crippen LogP contribution in [-0.2, 0) is 9.53 Å². The molecular formula is C14H11N3O4S. The SMILES string of the molecule is Cc1csc(NC(=O)COC(=O)c2ccc3ncoc3c2)n1. The number of nitrogens with one attached hydrogen (secondary N) is 1. The lowest BCUT2D eigenvalue weighted by Crippen LogP contribution is -2.20. The second-order valence-corrected chi connectivity index (χ2v) is 5.31. The van der Waals surface area contributed by atoms with Gasteiger partial charge < -0.3 is 9.15 Å². The number of carbonyl (C=O) groups is 2. The number of anilines is 1. The Bertz CT molecular complexity index is 839. The number of thiazole rings is 1. The van der Waals surface area contributed by atoms with Crippen LogP contribution in [0.15, 0.2) is 34.4 Å². The molecule has 7 nitrogen and oxygen atoms in total. The number of carbonyl (C=O) groups excluding carboxylic acids is 2. The first-order valence-corrected chi connectivity index (χ1v) is 7.22. The molecule has 0 aliphatic heterocycles. The van der Waals surface area contributed by atoms with E-state index in [0.29, 0.717) is 21.8 Å². The highest BCUT2D eigenvalue weighted by Gasteiger charge is 2.13. The number of hydrogen-bond donors (Lipinski definition) is 1. The van der Waals surface area contributed by atoms with E-state index in [0.717, 1.165) is 5.69 Å². The van der Waals surface area contributed by atoms with Crippen LogP contribution >= 0.6 is 11.3 Å². The van der Waals surface area contributed by atoms with Crippen LogP contribution in [0.2, 0.25) is 0 Å².